The number of benzene rings is 2. The van der Waals surface area contributed by atoms with E-state index in [4.69, 9.17) is 5.73 Å². The van der Waals surface area contributed by atoms with E-state index in [9.17, 15) is 4.79 Å². The molecule has 0 atom stereocenters. The maximum absolute atomic E-state index is 11.9. The summed E-state index contributed by atoms with van der Waals surface area (Å²) in [4.78, 5) is 16.1. The lowest BCUT2D eigenvalue weighted by Gasteiger charge is -2.12. The van der Waals surface area contributed by atoms with Crippen molar-refractivity contribution in [1.29, 1.82) is 0 Å². The first-order valence-corrected chi connectivity index (χ1v) is 11.7. The molecule has 180 valence electrons. The van der Waals surface area contributed by atoms with Crippen LogP contribution >= 0.6 is 0 Å². The molecule has 0 aliphatic carbocycles. The number of rotatable bonds is 8. The highest BCUT2D eigenvalue weighted by Gasteiger charge is 2.07. The summed E-state index contributed by atoms with van der Waals surface area (Å²) >= 11 is 0. The second kappa shape index (κ2) is 10.3. The molecule has 0 aliphatic heterocycles. The van der Waals surface area contributed by atoms with Crippen LogP contribution < -0.4 is 21.9 Å². The van der Waals surface area contributed by atoms with Crippen molar-refractivity contribution in [2.24, 2.45) is 0 Å². The van der Waals surface area contributed by atoms with Crippen molar-refractivity contribution in [2.75, 3.05) is 16.4 Å². The van der Waals surface area contributed by atoms with E-state index in [1.165, 1.54) is 0 Å². The topological polar surface area (TPSA) is 111 Å². The summed E-state index contributed by atoms with van der Waals surface area (Å²) < 4.78 is 1.69. The van der Waals surface area contributed by atoms with E-state index in [1.807, 2.05) is 36.4 Å². The molecule has 0 spiro atoms. The van der Waals surface area contributed by atoms with Crippen LogP contribution in [-0.4, -0.2) is 19.7 Å². The van der Waals surface area contributed by atoms with Crippen LogP contribution in [0.25, 0.3) is 10.8 Å². The quantitative estimate of drug-likeness (QED) is 0.305. The molecule has 0 saturated heterocycles. The molecule has 0 unspecified atom stereocenters. The van der Waals surface area contributed by atoms with E-state index in [0.717, 1.165) is 38.7 Å². The monoisotopic (exact) mass is 477 g/mol. The van der Waals surface area contributed by atoms with Gasteiger partial charge in [0.15, 0.2) is 5.82 Å². The van der Waals surface area contributed by atoms with Crippen molar-refractivity contribution in [3.05, 3.63) is 118 Å². The van der Waals surface area contributed by atoms with Gasteiger partial charge in [-0.1, -0.05) is 42.5 Å². The van der Waals surface area contributed by atoms with Crippen LogP contribution in [0.2, 0.25) is 0 Å². The molecule has 0 saturated carbocycles. The summed E-state index contributed by atoms with van der Waals surface area (Å²) in [6.45, 7) is 3.91. The Morgan fingerprint density at radius 2 is 1.75 bits per heavy atom. The highest BCUT2D eigenvalue weighted by Crippen LogP contribution is 2.25. The molecule has 0 radical (unpaired) electrons. The number of nitrogen functional groups attached to an aromatic ring is 1. The predicted octanol–water partition coefficient (Wildman–Crippen LogP) is 4.35. The SMILES string of the molecule is Cc1c(CNc2cc(NCc3ccc(Cn4ccccc4=O)cc3)cnn2)ccc2c(N)nccc12. The molecule has 3 aromatic heterocycles. The Morgan fingerprint density at radius 3 is 2.58 bits per heavy atom. The number of fused-ring (bicyclic) bond motifs is 1. The van der Waals surface area contributed by atoms with E-state index in [1.54, 1.807) is 35.3 Å². The molecule has 4 N–H and O–H groups in total. The van der Waals surface area contributed by atoms with Crippen molar-refractivity contribution in [3.8, 4) is 0 Å². The molecule has 0 amide bonds. The van der Waals surface area contributed by atoms with Crippen molar-refractivity contribution in [1.82, 2.24) is 19.7 Å². The number of pyridine rings is 2. The van der Waals surface area contributed by atoms with Crippen LogP contribution in [0.15, 0.2) is 90.1 Å². The van der Waals surface area contributed by atoms with Crippen molar-refractivity contribution in [3.63, 3.8) is 0 Å². The van der Waals surface area contributed by atoms with E-state index >= 15 is 0 Å². The molecule has 0 bridgehead atoms. The van der Waals surface area contributed by atoms with Crippen molar-refractivity contribution < 1.29 is 0 Å². The van der Waals surface area contributed by atoms with Gasteiger partial charge in [0, 0.05) is 43.0 Å². The van der Waals surface area contributed by atoms with Crippen LogP contribution in [0.3, 0.4) is 0 Å². The first-order chi connectivity index (χ1) is 17.6. The Hall–Kier alpha value is -4.72. The van der Waals surface area contributed by atoms with E-state index < -0.39 is 0 Å². The van der Waals surface area contributed by atoms with Crippen LogP contribution in [0.5, 0.6) is 0 Å². The smallest absolute Gasteiger partial charge is 0.250 e. The Kier molecular flexibility index (Phi) is 6.57. The fourth-order valence-electron chi connectivity index (χ4n) is 4.16. The summed E-state index contributed by atoms with van der Waals surface area (Å²) in [5, 5.41) is 17.2. The van der Waals surface area contributed by atoms with E-state index in [2.05, 4.69) is 50.9 Å². The zero-order chi connectivity index (χ0) is 24.9. The summed E-state index contributed by atoms with van der Waals surface area (Å²) in [7, 11) is 0. The Morgan fingerprint density at radius 1 is 0.917 bits per heavy atom. The molecule has 5 aromatic rings. The van der Waals surface area contributed by atoms with Crippen molar-refractivity contribution in [2.45, 2.75) is 26.6 Å². The normalized spacial score (nSPS) is 10.9. The van der Waals surface area contributed by atoms with Crippen molar-refractivity contribution >= 4 is 28.1 Å². The predicted molar refractivity (Wildman–Crippen MR) is 144 cm³/mol. The number of aryl methyl sites for hydroxylation is 1. The third-order valence-corrected chi connectivity index (χ3v) is 6.24. The van der Waals surface area contributed by atoms with Gasteiger partial charge in [-0.05, 0) is 46.7 Å². The summed E-state index contributed by atoms with van der Waals surface area (Å²) in [5.41, 5.74) is 11.4. The Balaban J connectivity index is 1.19. The van der Waals surface area contributed by atoms with Gasteiger partial charge in [-0.3, -0.25) is 4.79 Å². The zero-order valence-electron chi connectivity index (χ0n) is 20.0. The highest BCUT2D eigenvalue weighted by atomic mass is 16.1. The number of nitrogens with zero attached hydrogens (tertiary/aromatic N) is 4. The number of anilines is 3. The lowest BCUT2D eigenvalue weighted by atomic mass is 10.0. The minimum atomic E-state index is -0.00406. The molecule has 3 heterocycles. The van der Waals surface area contributed by atoms with Gasteiger partial charge in [-0.25, -0.2) is 4.98 Å². The lowest BCUT2D eigenvalue weighted by molar-refractivity contribution is 0.759. The molecule has 8 heteroatoms. The molecule has 8 nitrogen and oxygen atoms in total. The molecule has 0 fully saturated rings. The van der Waals surface area contributed by atoms with Crippen LogP contribution in [-0.2, 0) is 19.6 Å². The van der Waals surface area contributed by atoms with Crippen LogP contribution in [0, 0.1) is 6.92 Å². The third kappa shape index (κ3) is 5.17. The molecular formula is C28H27N7O. The maximum Gasteiger partial charge on any atom is 0.250 e. The average molecular weight is 478 g/mol. The highest BCUT2D eigenvalue weighted by molar-refractivity contribution is 5.93. The second-order valence-electron chi connectivity index (χ2n) is 8.66. The number of aromatic nitrogens is 4. The first-order valence-electron chi connectivity index (χ1n) is 11.7. The number of hydrogen-bond acceptors (Lipinski definition) is 7. The molecule has 36 heavy (non-hydrogen) atoms. The second-order valence-corrected chi connectivity index (χ2v) is 8.66. The molecular weight excluding hydrogens is 450 g/mol. The van der Waals surface area contributed by atoms with E-state index in [0.29, 0.717) is 31.3 Å². The largest absolute Gasteiger partial charge is 0.383 e. The van der Waals surface area contributed by atoms with Gasteiger partial charge in [0.05, 0.1) is 18.4 Å². The Labute approximate surface area is 208 Å². The van der Waals surface area contributed by atoms with Gasteiger partial charge < -0.3 is 20.9 Å². The minimum absolute atomic E-state index is 0.00406. The lowest BCUT2D eigenvalue weighted by Crippen LogP contribution is -2.18. The van der Waals surface area contributed by atoms with Gasteiger partial charge in [-0.15, -0.1) is 5.10 Å². The maximum atomic E-state index is 11.9. The first kappa shape index (κ1) is 23.0. The van der Waals surface area contributed by atoms with E-state index in [-0.39, 0.29) is 5.56 Å². The minimum Gasteiger partial charge on any atom is -0.383 e. The zero-order valence-corrected chi connectivity index (χ0v) is 20.0. The summed E-state index contributed by atoms with van der Waals surface area (Å²) in [5.74, 6) is 1.23. The number of nitrogens with one attached hydrogen (secondary N) is 2. The number of hydrogen-bond donors (Lipinski definition) is 3. The fraction of sp³-hybridized carbons (Fsp3) is 0.143. The van der Waals surface area contributed by atoms with Crippen LogP contribution in [0.4, 0.5) is 17.3 Å². The van der Waals surface area contributed by atoms with Crippen LogP contribution in [0.1, 0.15) is 22.3 Å². The van der Waals surface area contributed by atoms with Gasteiger partial charge in [0.1, 0.15) is 5.82 Å². The summed E-state index contributed by atoms with van der Waals surface area (Å²) in [6.07, 6.45) is 5.24. The molecule has 2 aromatic carbocycles. The van der Waals surface area contributed by atoms with Gasteiger partial charge in [0.25, 0.3) is 5.56 Å². The molecule has 0 aliphatic rings. The summed E-state index contributed by atoms with van der Waals surface area (Å²) in [6, 6.07) is 21.4. The van der Waals surface area contributed by atoms with Gasteiger partial charge >= 0.3 is 0 Å². The Bertz CT molecular complexity index is 1560. The molecule has 5 rings (SSSR count). The fourth-order valence-corrected chi connectivity index (χ4v) is 4.16. The van der Waals surface area contributed by atoms with Gasteiger partial charge in [0.2, 0.25) is 0 Å². The van der Waals surface area contributed by atoms with Gasteiger partial charge in [-0.2, -0.15) is 5.10 Å². The third-order valence-electron chi connectivity index (χ3n) is 6.24. The standard InChI is InChI=1S/C28H27N7O/c1-19-22(9-10-25-24(19)11-12-30-28(25)29)16-32-26-14-23(17-33-34-26)31-15-20-5-7-21(8-6-20)18-35-13-3-2-4-27(35)36/h2-14,17H,15-16,18H2,1H3,(H2,29,30)(H2,31,32,34). The average Bonchev–Trinajstić information content (AvgIpc) is 2.90. The number of nitrogens with two attached hydrogens (primary N) is 1.